The Balaban J connectivity index is 2.34. The Labute approximate surface area is 94.1 Å². The van der Waals surface area contributed by atoms with Crippen LogP contribution in [0.4, 0.5) is 5.69 Å². The summed E-state index contributed by atoms with van der Waals surface area (Å²) < 4.78 is 0. The molecule has 2 unspecified atom stereocenters. The van der Waals surface area contributed by atoms with E-state index in [0.29, 0.717) is 6.42 Å². The Kier molecular flexibility index (Phi) is 2.50. The highest BCUT2D eigenvalue weighted by atomic mass is 16.4. The number of phenolic OH excluding ortho intramolecular Hbond substituents is 1. The van der Waals surface area contributed by atoms with Gasteiger partial charge in [0.05, 0.1) is 5.92 Å². The van der Waals surface area contributed by atoms with E-state index in [1.54, 1.807) is 19.1 Å². The minimum atomic E-state index is -0.802. The number of carboxylic acids is 1. The van der Waals surface area contributed by atoms with Gasteiger partial charge >= 0.3 is 5.97 Å². The van der Waals surface area contributed by atoms with Crippen LogP contribution in [0.5, 0.6) is 5.75 Å². The number of rotatable bonds is 2. The van der Waals surface area contributed by atoms with Gasteiger partial charge in [-0.2, -0.15) is 0 Å². The van der Waals surface area contributed by atoms with Crippen LogP contribution in [0.1, 0.15) is 12.5 Å². The number of fused-ring (bicyclic) bond motifs is 1. The number of nitrogens with zero attached hydrogens (tertiary/aromatic N) is 1. The van der Waals surface area contributed by atoms with Crippen LogP contribution in [-0.4, -0.2) is 29.3 Å². The third kappa shape index (κ3) is 1.50. The van der Waals surface area contributed by atoms with E-state index in [0.717, 1.165) is 11.3 Å². The monoisotopic (exact) mass is 221 g/mol. The minimum absolute atomic E-state index is 0.0826. The molecule has 4 nitrogen and oxygen atoms in total. The summed E-state index contributed by atoms with van der Waals surface area (Å²) in [5, 5.41) is 18.7. The zero-order valence-corrected chi connectivity index (χ0v) is 9.34. The Bertz CT molecular complexity index is 430. The SMILES string of the molecule is CC(C(=O)O)C1Cc2c(O)cccc2N1C. The maximum absolute atomic E-state index is 11.0. The lowest BCUT2D eigenvalue weighted by Gasteiger charge is -2.25. The molecule has 0 aromatic heterocycles. The number of aliphatic carboxylic acids is 1. The second-order valence-electron chi connectivity index (χ2n) is 4.28. The number of carbonyl (C=O) groups is 1. The highest BCUT2D eigenvalue weighted by Gasteiger charge is 2.35. The third-order valence-electron chi connectivity index (χ3n) is 3.38. The van der Waals surface area contributed by atoms with Gasteiger partial charge in [-0.3, -0.25) is 4.79 Å². The van der Waals surface area contributed by atoms with Gasteiger partial charge in [0, 0.05) is 24.3 Å². The van der Waals surface area contributed by atoms with E-state index in [9.17, 15) is 9.90 Å². The highest BCUT2D eigenvalue weighted by Crippen LogP contribution is 2.38. The van der Waals surface area contributed by atoms with Crippen molar-refractivity contribution in [2.24, 2.45) is 5.92 Å². The second-order valence-corrected chi connectivity index (χ2v) is 4.28. The van der Waals surface area contributed by atoms with Crippen LogP contribution < -0.4 is 4.90 Å². The van der Waals surface area contributed by atoms with E-state index >= 15 is 0 Å². The summed E-state index contributed by atoms with van der Waals surface area (Å²) in [7, 11) is 1.87. The molecule has 86 valence electrons. The van der Waals surface area contributed by atoms with Gasteiger partial charge in [0.2, 0.25) is 0 Å². The van der Waals surface area contributed by atoms with Gasteiger partial charge in [-0.05, 0) is 25.5 Å². The van der Waals surface area contributed by atoms with Crippen molar-refractivity contribution in [1.29, 1.82) is 0 Å². The molecule has 0 saturated carbocycles. The lowest BCUT2D eigenvalue weighted by molar-refractivity contribution is -0.141. The molecule has 2 rings (SSSR count). The molecule has 0 fully saturated rings. The van der Waals surface area contributed by atoms with Crippen LogP contribution in [0.15, 0.2) is 18.2 Å². The third-order valence-corrected chi connectivity index (χ3v) is 3.38. The van der Waals surface area contributed by atoms with Crippen molar-refractivity contribution in [3.05, 3.63) is 23.8 Å². The number of likely N-dealkylation sites (N-methyl/N-ethyl adjacent to an activating group) is 1. The molecule has 0 amide bonds. The first-order valence-electron chi connectivity index (χ1n) is 5.29. The van der Waals surface area contributed by atoms with E-state index in [4.69, 9.17) is 5.11 Å². The van der Waals surface area contributed by atoms with Crippen molar-refractivity contribution in [1.82, 2.24) is 0 Å². The number of carboxylic acid groups (broad SMARTS) is 1. The normalized spacial score (nSPS) is 20.6. The number of hydrogen-bond donors (Lipinski definition) is 2. The zero-order chi connectivity index (χ0) is 11.9. The summed E-state index contributed by atoms with van der Waals surface area (Å²) in [5.74, 6) is -0.995. The standard InChI is InChI=1S/C12H15NO3/c1-7(12(15)16)10-6-8-9(13(10)2)4-3-5-11(8)14/h3-5,7,10,14H,6H2,1-2H3,(H,15,16). The molecular weight excluding hydrogens is 206 g/mol. The first-order chi connectivity index (χ1) is 7.52. The van der Waals surface area contributed by atoms with Crippen molar-refractivity contribution < 1.29 is 15.0 Å². The van der Waals surface area contributed by atoms with Gasteiger partial charge < -0.3 is 15.1 Å². The predicted octanol–water partition coefficient (Wildman–Crippen LogP) is 1.47. The van der Waals surface area contributed by atoms with Crippen molar-refractivity contribution in [2.45, 2.75) is 19.4 Å². The lowest BCUT2D eigenvalue weighted by Crippen LogP contribution is -2.37. The molecule has 1 heterocycles. The number of anilines is 1. The first kappa shape index (κ1) is 10.8. The predicted molar refractivity (Wildman–Crippen MR) is 60.8 cm³/mol. The van der Waals surface area contributed by atoms with Gasteiger partial charge in [0.1, 0.15) is 5.75 Å². The molecule has 1 aromatic carbocycles. The second kappa shape index (κ2) is 3.70. The fraction of sp³-hybridized carbons (Fsp3) is 0.417. The Morgan fingerprint density at radius 2 is 2.25 bits per heavy atom. The summed E-state index contributed by atoms with van der Waals surface area (Å²) in [4.78, 5) is 12.9. The molecule has 16 heavy (non-hydrogen) atoms. The van der Waals surface area contributed by atoms with Crippen LogP contribution in [0.3, 0.4) is 0 Å². The highest BCUT2D eigenvalue weighted by molar-refractivity contribution is 5.74. The van der Waals surface area contributed by atoms with Gasteiger partial charge in [0.15, 0.2) is 0 Å². The van der Waals surface area contributed by atoms with Gasteiger partial charge in [-0.25, -0.2) is 0 Å². The smallest absolute Gasteiger partial charge is 0.308 e. The van der Waals surface area contributed by atoms with Gasteiger partial charge in [0.25, 0.3) is 0 Å². The summed E-state index contributed by atoms with van der Waals surface area (Å²) in [5.41, 5.74) is 1.78. The molecule has 1 aromatic rings. The molecule has 0 saturated heterocycles. The lowest BCUT2D eigenvalue weighted by atomic mass is 9.98. The van der Waals surface area contributed by atoms with Crippen molar-refractivity contribution in [2.75, 3.05) is 11.9 Å². The van der Waals surface area contributed by atoms with E-state index in [-0.39, 0.29) is 11.8 Å². The molecule has 2 N–H and O–H groups in total. The summed E-state index contributed by atoms with van der Waals surface area (Å²) in [6.07, 6.45) is 0.589. The van der Waals surface area contributed by atoms with Gasteiger partial charge in [-0.15, -0.1) is 0 Å². The molecule has 0 radical (unpaired) electrons. The topological polar surface area (TPSA) is 60.8 Å². The first-order valence-corrected chi connectivity index (χ1v) is 5.29. The van der Waals surface area contributed by atoms with Crippen LogP contribution >= 0.6 is 0 Å². The average Bonchev–Trinajstić information content (AvgIpc) is 2.57. The maximum atomic E-state index is 11.0. The fourth-order valence-electron chi connectivity index (χ4n) is 2.30. The fourth-order valence-corrected chi connectivity index (χ4v) is 2.30. The Morgan fingerprint density at radius 3 is 2.81 bits per heavy atom. The average molecular weight is 221 g/mol. The maximum Gasteiger partial charge on any atom is 0.308 e. The van der Waals surface area contributed by atoms with Crippen LogP contribution in [0.25, 0.3) is 0 Å². The molecule has 0 aliphatic carbocycles. The summed E-state index contributed by atoms with van der Waals surface area (Å²) >= 11 is 0. The molecule has 1 aliphatic rings. The van der Waals surface area contributed by atoms with Crippen LogP contribution in [0, 0.1) is 5.92 Å². The van der Waals surface area contributed by atoms with Crippen molar-refractivity contribution in [3.8, 4) is 5.75 Å². The van der Waals surface area contributed by atoms with E-state index in [1.165, 1.54) is 0 Å². The zero-order valence-electron chi connectivity index (χ0n) is 9.34. The van der Waals surface area contributed by atoms with E-state index in [2.05, 4.69) is 0 Å². The summed E-state index contributed by atoms with van der Waals surface area (Å²) in [6, 6.07) is 5.24. The Morgan fingerprint density at radius 1 is 1.56 bits per heavy atom. The van der Waals surface area contributed by atoms with Gasteiger partial charge in [-0.1, -0.05) is 6.07 Å². The summed E-state index contributed by atoms with van der Waals surface area (Å²) in [6.45, 7) is 1.70. The molecular formula is C12H15NO3. The number of hydrogen-bond acceptors (Lipinski definition) is 3. The van der Waals surface area contributed by atoms with E-state index < -0.39 is 11.9 Å². The van der Waals surface area contributed by atoms with Crippen LogP contribution in [0.2, 0.25) is 0 Å². The number of aromatic hydroxyl groups is 1. The number of benzene rings is 1. The van der Waals surface area contributed by atoms with E-state index in [1.807, 2.05) is 18.0 Å². The molecule has 4 heteroatoms. The quantitative estimate of drug-likeness (QED) is 0.794. The molecule has 0 bridgehead atoms. The van der Waals surface area contributed by atoms with Crippen molar-refractivity contribution >= 4 is 11.7 Å². The minimum Gasteiger partial charge on any atom is -0.508 e. The van der Waals surface area contributed by atoms with Crippen molar-refractivity contribution in [3.63, 3.8) is 0 Å². The largest absolute Gasteiger partial charge is 0.508 e. The number of phenols is 1. The molecule has 1 aliphatic heterocycles. The molecule has 2 atom stereocenters. The molecule has 0 spiro atoms. The van der Waals surface area contributed by atoms with Crippen LogP contribution in [-0.2, 0) is 11.2 Å². The Hall–Kier alpha value is -1.71.